The van der Waals surface area contributed by atoms with Crippen molar-refractivity contribution in [1.29, 1.82) is 0 Å². The zero-order valence-corrected chi connectivity index (χ0v) is 6.08. The number of carbonyl (C=O) groups excluding carboxylic acids is 1. The summed E-state index contributed by atoms with van der Waals surface area (Å²) in [7, 11) is 0. The fraction of sp³-hybridized carbons (Fsp3) is 0.833. The Bertz CT molecular complexity index is 181. The van der Waals surface area contributed by atoms with Crippen LogP contribution in [0.1, 0.15) is 12.8 Å². The lowest BCUT2D eigenvalue weighted by Gasteiger charge is -2.00. The Morgan fingerprint density at radius 1 is 1.73 bits per heavy atom. The van der Waals surface area contributed by atoms with Crippen LogP contribution in [0.15, 0.2) is 0 Å². The third-order valence-corrected chi connectivity index (χ3v) is 1.82. The fourth-order valence-electron chi connectivity index (χ4n) is 1.18. The molecule has 0 aliphatic carbocycles. The molecule has 0 bridgehead atoms. The van der Waals surface area contributed by atoms with E-state index in [4.69, 9.17) is 0 Å². The van der Waals surface area contributed by atoms with Crippen molar-refractivity contribution in [2.24, 2.45) is 5.92 Å². The summed E-state index contributed by atoms with van der Waals surface area (Å²) in [6, 6.07) is 0. The molecule has 0 aromatic heterocycles. The van der Waals surface area contributed by atoms with Crippen molar-refractivity contribution in [2.45, 2.75) is 12.8 Å². The molecule has 1 rings (SSSR count). The molecule has 62 valence electrons. The molecular formula is C6H10N2O3. The van der Waals surface area contributed by atoms with Crippen LogP contribution < -0.4 is 5.32 Å². The number of rotatable bonds is 3. The first kappa shape index (κ1) is 7.97. The van der Waals surface area contributed by atoms with Crippen LogP contribution >= 0.6 is 0 Å². The van der Waals surface area contributed by atoms with Gasteiger partial charge in [-0.15, -0.1) is 0 Å². The Balaban J connectivity index is 2.26. The fourth-order valence-corrected chi connectivity index (χ4v) is 1.18. The Kier molecular flexibility index (Phi) is 2.40. The minimum Gasteiger partial charge on any atom is -0.356 e. The molecule has 11 heavy (non-hydrogen) atoms. The lowest BCUT2D eigenvalue weighted by Crippen LogP contribution is -2.20. The van der Waals surface area contributed by atoms with Crippen LogP contribution in [-0.2, 0) is 4.79 Å². The summed E-state index contributed by atoms with van der Waals surface area (Å²) >= 11 is 0. The maximum Gasteiger partial charge on any atom is 0.223 e. The second-order valence-electron chi connectivity index (χ2n) is 2.62. The Labute approximate surface area is 63.9 Å². The van der Waals surface area contributed by atoms with Crippen LogP contribution in [0.5, 0.6) is 0 Å². The molecular weight excluding hydrogens is 148 g/mol. The summed E-state index contributed by atoms with van der Waals surface area (Å²) in [5.74, 6) is -0.160. The van der Waals surface area contributed by atoms with E-state index in [0.29, 0.717) is 13.0 Å². The second-order valence-corrected chi connectivity index (χ2v) is 2.62. The highest BCUT2D eigenvalue weighted by atomic mass is 16.6. The van der Waals surface area contributed by atoms with E-state index >= 15 is 0 Å². The zero-order chi connectivity index (χ0) is 8.27. The molecule has 0 aromatic rings. The minimum atomic E-state index is -0.383. The normalized spacial score (nSPS) is 23.3. The Morgan fingerprint density at radius 3 is 2.91 bits per heavy atom. The van der Waals surface area contributed by atoms with Gasteiger partial charge >= 0.3 is 0 Å². The number of nitro groups is 1. The maximum absolute atomic E-state index is 10.9. The molecule has 1 atom stereocenters. The maximum atomic E-state index is 10.9. The topological polar surface area (TPSA) is 72.2 Å². The predicted molar refractivity (Wildman–Crippen MR) is 37.6 cm³/mol. The van der Waals surface area contributed by atoms with Crippen molar-refractivity contribution in [2.75, 3.05) is 13.1 Å². The number of hydrogen-bond acceptors (Lipinski definition) is 3. The average Bonchev–Trinajstić information content (AvgIpc) is 2.31. The van der Waals surface area contributed by atoms with E-state index in [1.54, 1.807) is 0 Å². The van der Waals surface area contributed by atoms with Gasteiger partial charge in [-0.2, -0.15) is 0 Å². The lowest BCUT2D eigenvalue weighted by atomic mass is 10.0. The highest BCUT2D eigenvalue weighted by Crippen LogP contribution is 2.12. The number of amides is 1. The van der Waals surface area contributed by atoms with Gasteiger partial charge in [-0.25, -0.2) is 0 Å². The van der Waals surface area contributed by atoms with Crippen molar-refractivity contribution in [3.63, 3.8) is 0 Å². The number of hydrogen-bond donors (Lipinski definition) is 1. The predicted octanol–water partition coefficient (Wildman–Crippen LogP) is -0.211. The summed E-state index contributed by atoms with van der Waals surface area (Å²) < 4.78 is 0. The smallest absolute Gasteiger partial charge is 0.223 e. The van der Waals surface area contributed by atoms with Gasteiger partial charge in [-0.1, -0.05) is 0 Å². The molecule has 1 heterocycles. The molecule has 1 aliphatic heterocycles. The largest absolute Gasteiger partial charge is 0.356 e. The van der Waals surface area contributed by atoms with Gasteiger partial charge in [0.15, 0.2) is 0 Å². The van der Waals surface area contributed by atoms with Gasteiger partial charge in [0.1, 0.15) is 0 Å². The molecule has 1 fully saturated rings. The molecule has 1 N–H and O–H groups in total. The summed E-state index contributed by atoms with van der Waals surface area (Å²) in [4.78, 5) is 20.4. The van der Waals surface area contributed by atoms with Gasteiger partial charge in [-0.3, -0.25) is 14.9 Å². The first-order valence-electron chi connectivity index (χ1n) is 3.59. The lowest BCUT2D eigenvalue weighted by molar-refractivity contribution is -0.481. The Hall–Kier alpha value is -1.13. The van der Waals surface area contributed by atoms with E-state index in [1.165, 1.54) is 0 Å². The molecule has 5 heteroatoms. The third-order valence-electron chi connectivity index (χ3n) is 1.82. The molecule has 0 aromatic carbocycles. The van der Waals surface area contributed by atoms with E-state index in [-0.39, 0.29) is 23.3 Å². The molecule has 0 spiro atoms. The van der Waals surface area contributed by atoms with Crippen LogP contribution in [0.4, 0.5) is 0 Å². The average molecular weight is 158 g/mol. The molecule has 0 saturated carbocycles. The van der Waals surface area contributed by atoms with E-state index in [2.05, 4.69) is 5.32 Å². The van der Waals surface area contributed by atoms with Crippen molar-refractivity contribution in [3.8, 4) is 0 Å². The van der Waals surface area contributed by atoms with Crippen molar-refractivity contribution < 1.29 is 9.72 Å². The van der Waals surface area contributed by atoms with E-state index in [0.717, 1.165) is 6.42 Å². The van der Waals surface area contributed by atoms with Gasteiger partial charge in [0, 0.05) is 23.8 Å². The van der Waals surface area contributed by atoms with E-state index in [9.17, 15) is 14.9 Å². The monoisotopic (exact) mass is 158 g/mol. The number of nitrogens with zero attached hydrogens (tertiary/aromatic N) is 1. The SMILES string of the molecule is O=C1NCCC1CC[N+](=O)[O-]. The minimum absolute atomic E-state index is 0.0353. The molecule has 1 unspecified atom stereocenters. The molecule has 1 aliphatic rings. The second kappa shape index (κ2) is 3.32. The van der Waals surface area contributed by atoms with Crippen LogP contribution in [0.3, 0.4) is 0 Å². The molecule has 1 amide bonds. The third kappa shape index (κ3) is 2.18. The van der Waals surface area contributed by atoms with E-state index < -0.39 is 0 Å². The summed E-state index contributed by atoms with van der Waals surface area (Å²) in [5.41, 5.74) is 0. The standard InChI is InChI=1S/C6H10N2O3/c9-6-5(1-3-7-6)2-4-8(10)11/h5H,1-4H2,(H,7,9). The van der Waals surface area contributed by atoms with Crippen molar-refractivity contribution >= 4 is 5.91 Å². The molecule has 0 radical (unpaired) electrons. The summed E-state index contributed by atoms with van der Waals surface area (Å²) in [6.45, 7) is 0.569. The van der Waals surface area contributed by atoms with Crippen LogP contribution in [-0.4, -0.2) is 23.9 Å². The highest BCUT2D eigenvalue weighted by Gasteiger charge is 2.24. The molecule has 1 saturated heterocycles. The number of carbonyl (C=O) groups is 1. The van der Waals surface area contributed by atoms with Crippen molar-refractivity contribution in [1.82, 2.24) is 5.32 Å². The number of nitrogens with one attached hydrogen (secondary N) is 1. The summed E-state index contributed by atoms with van der Waals surface area (Å²) in [5, 5.41) is 12.6. The quantitative estimate of drug-likeness (QED) is 0.456. The first-order chi connectivity index (χ1) is 5.20. The van der Waals surface area contributed by atoms with Gasteiger partial charge < -0.3 is 5.32 Å². The zero-order valence-electron chi connectivity index (χ0n) is 6.08. The van der Waals surface area contributed by atoms with Crippen LogP contribution in [0.25, 0.3) is 0 Å². The molecule has 5 nitrogen and oxygen atoms in total. The van der Waals surface area contributed by atoms with Gasteiger partial charge in [-0.05, 0) is 6.42 Å². The van der Waals surface area contributed by atoms with Gasteiger partial charge in [0.05, 0.1) is 0 Å². The van der Waals surface area contributed by atoms with Gasteiger partial charge in [0.25, 0.3) is 0 Å². The van der Waals surface area contributed by atoms with E-state index in [1.807, 2.05) is 0 Å². The van der Waals surface area contributed by atoms with Crippen LogP contribution in [0, 0.1) is 16.0 Å². The van der Waals surface area contributed by atoms with Crippen LogP contribution in [0.2, 0.25) is 0 Å². The summed E-state index contributed by atoms with van der Waals surface area (Å²) in [6.07, 6.45) is 1.12. The highest BCUT2D eigenvalue weighted by molar-refractivity contribution is 5.80. The first-order valence-corrected chi connectivity index (χ1v) is 3.59. The Morgan fingerprint density at radius 2 is 2.45 bits per heavy atom. The van der Waals surface area contributed by atoms with Crippen molar-refractivity contribution in [3.05, 3.63) is 10.1 Å². The van der Waals surface area contributed by atoms with Gasteiger partial charge in [0.2, 0.25) is 12.5 Å².